The van der Waals surface area contributed by atoms with Gasteiger partial charge in [-0.15, -0.1) is 9.24 Å². The molecule has 0 heterocycles. The van der Waals surface area contributed by atoms with Crippen molar-refractivity contribution in [3.8, 4) is 0 Å². The minimum Gasteiger partial charge on any atom is -0.340 e. The van der Waals surface area contributed by atoms with Gasteiger partial charge in [0.15, 0.2) is 0 Å². The zero-order chi connectivity index (χ0) is 9.78. The van der Waals surface area contributed by atoms with Crippen molar-refractivity contribution < 1.29 is 32.7 Å². The summed E-state index contributed by atoms with van der Waals surface area (Å²) in [5.41, 5.74) is 0. The Morgan fingerprint density at radius 1 is 1.31 bits per heavy atom. The molecule has 13 heavy (non-hydrogen) atoms. The topological polar surface area (TPSA) is 0 Å². The van der Waals surface area contributed by atoms with Crippen LogP contribution in [0.4, 0.5) is 0 Å². The van der Waals surface area contributed by atoms with Crippen LogP contribution >= 0.6 is 9.24 Å². The van der Waals surface area contributed by atoms with Crippen LogP contribution in [0, 0.1) is 18.8 Å². The largest absolute Gasteiger partial charge is 0.340 e. The van der Waals surface area contributed by atoms with Gasteiger partial charge in [0.25, 0.3) is 0 Å². The van der Waals surface area contributed by atoms with Gasteiger partial charge in [0, 0.05) is 32.7 Å². The minimum atomic E-state index is 0. The molecule has 0 nitrogen and oxygen atoms in total. The van der Waals surface area contributed by atoms with Gasteiger partial charge >= 0.3 is 0 Å². The Kier molecular flexibility index (Phi) is 10.1. The van der Waals surface area contributed by atoms with Crippen LogP contribution in [0.15, 0.2) is 0 Å². The standard InChI is InChI=1S/C11H24P.Y/c1-6-9(3)8-11(5,12)10(4)7-2;/h9-10H,3,6-8,12H2,1-2,4-5H3;/q-1;. The fourth-order valence-electron chi connectivity index (χ4n) is 1.43. The first-order chi connectivity index (χ1) is 5.44. The summed E-state index contributed by atoms with van der Waals surface area (Å²) in [6.45, 7) is 13.3. The predicted molar refractivity (Wildman–Crippen MR) is 61.3 cm³/mol. The average Bonchev–Trinajstić information content (AvgIpc) is 2.02. The van der Waals surface area contributed by atoms with Gasteiger partial charge in [-0.1, -0.05) is 47.0 Å². The first-order valence-electron chi connectivity index (χ1n) is 5.06. The van der Waals surface area contributed by atoms with E-state index >= 15 is 0 Å². The maximum atomic E-state index is 4.15. The molecule has 0 spiro atoms. The molecule has 4 unspecified atom stereocenters. The second-order valence-electron chi connectivity index (χ2n) is 4.29. The molecule has 0 aliphatic rings. The molecule has 0 aromatic rings. The van der Waals surface area contributed by atoms with Gasteiger partial charge in [0.2, 0.25) is 0 Å². The smallest absolute Gasteiger partial charge is 0 e. The fourth-order valence-corrected chi connectivity index (χ4v) is 2.00. The van der Waals surface area contributed by atoms with Crippen LogP contribution in [0.3, 0.4) is 0 Å². The summed E-state index contributed by atoms with van der Waals surface area (Å²) in [5.74, 6) is 1.39. The summed E-state index contributed by atoms with van der Waals surface area (Å²) in [5, 5.41) is 0.386. The van der Waals surface area contributed by atoms with Crippen LogP contribution in [-0.4, -0.2) is 5.16 Å². The summed E-state index contributed by atoms with van der Waals surface area (Å²) in [6, 6.07) is 0. The van der Waals surface area contributed by atoms with Gasteiger partial charge in [0.1, 0.15) is 0 Å². The van der Waals surface area contributed by atoms with Gasteiger partial charge in [0.05, 0.1) is 0 Å². The molecule has 0 amide bonds. The molecule has 0 N–H and O–H groups in total. The monoisotopic (exact) mass is 276 g/mol. The van der Waals surface area contributed by atoms with E-state index in [1.54, 1.807) is 0 Å². The van der Waals surface area contributed by atoms with Crippen molar-refractivity contribution in [2.75, 3.05) is 0 Å². The summed E-state index contributed by atoms with van der Waals surface area (Å²) in [6.07, 6.45) is 3.68. The van der Waals surface area contributed by atoms with Crippen molar-refractivity contribution in [2.24, 2.45) is 11.8 Å². The van der Waals surface area contributed by atoms with Crippen LogP contribution in [0.2, 0.25) is 0 Å². The third kappa shape index (κ3) is 6.59. The van der Waals surface area contributed by atoms with Crippen LogP contribution < -0.4 is 0 Å². The molecule has 2 heteroatoms. The molecule has 0 aromatic heterocycles. The Morgan fingerprint density at radius 3 is 2.08 bits per heavy atom. The Bertz CT molecular complexity index is 123. The SMILES string of the molecule is [CH2-]C(CC)CC(C)(P)C(C)CC.[Y]. The molecule has 0 saturated carbocycles. The molecule has 1 radical (unpaired) electrons. The normalized spacial score (nSPS) is 19.8. The van der Waals surface area contributed by atoms with Gasteiger partial charge in [-0.25, -0.2) is 0 Å². The predicted octanol–water partition coefficient (Wildman–Crippen LogP) is 3.91. The van der Waals surface area contributed by atoms with E-state index in [0.717, 1.165) is 5.92 Å². The Balaban J connectivity index is 0. The maximum Gasteiger partial charge on any atom is 0 e. The quantitative estimate of drug-likeness (QED) is 0.527. The maximum absolute atomic E-state index is 4.15. The van der Waals surface area contributed by atoms with Crippen molar-refractivity contribution in [1.82, 2.24) is 0 Å². The number of hydrogen-bond acceptors (Lipinski definition) is 0. The molecule has 0 rings (SSSR count). The van der Waals surface area contributed by atoms with E-state index in [-0.39, 0.29) is 32.7 Å². The van der Waals surface area contributed by atoms with Gasteiger partial charge in [-0.05, 0) is 11.1 Å². The van der Waals surface area contributed by atoms with E-state index < -0.39 is 0 Å². The molecule has 0 aromatic carbocycles. The van der Waals surface area contributed by atoms with Crippen molar-refractivity contribution in [2.45, 2.75) is 52.1 Å². The number of hydrogen-bond donors (Lipinski definition) is 0. The molecule has 0 saturated heterocycles. The van der Waals surface area contributed by atoms with Gasteiger partial charge in [-0.3, -0.25) is 0 Å². The molecule has 0 bridgehead atoms. The molecule has 0 fully saturated rings. The van der Waals surface area contributed by atoms with E-state index in [1.165, 1.54) is 19.3 Å². The van der Waals surface area contributed by atoms with Crippen molar-refractivity contribution in [3.63, 3.8) is 0 Å². The summed E-state index contributed by atoms with van der Waals surface area (Å²) < 4.78 is 0. The zero-order valence-corrected chi connectivity index (χ0v) is 13.6. The molecule has 0 aliphatic heterocycles. The Hall–Kier alpha value is 1.53. The van der Waals surface area contributed by atoms with Crippen molar-refractivity contribution in [1.29, 1.82) is 0 Å². The van der Waals surface area contributed by atoms with Gasteiger partial charge < -0.3 is 6.92 Å². The third-order valence-corrected chi connectivity index (χ3v) is 3.85. The van der Waals surface area contributed by atoms with Crippen LogP contribution in [0.25, 0.3) is 0 Å². The third-order valence-electron chi connectivity index (χ3n) is 3.04. The average molecular weight is 276 g/mol. The van der Waals surface area contributed by atoms with Crippen molar-refractivity contribution >= 4 is 9.24 Å². The first kappa shape index (κ1) is 16.9. The van der Waals surface area contributed by atoms with E-state index in [4.69, 9.17) is 0 Å². The summed E-state index contributed by atoms with van der Waals surface area (Å²) in [7, 11) is 3.01. The Labute approximate surface area is 112 Å². The molecule has 0 aliphatic carbocycles. The minimum absolute atomic E-state index is 0. The summed E-state index contributed by atoms with van der Waals surface area (Å²) in [4.78, 5) is 0. The fraction of sp³-hybridized carbons (Fsp3) is 0.909. The molecule has 77 valence electrons. The molecular formula is C11H24PY-. The van der Waals surface area contributed by atoms with Crippen LogP contribution in [0.1, 0.15) is 47.0 Å². The van der Waals surface area contributed by atoms with E-state index in [9.17, 15) is 0 Å². The first-order valence-corrected chi connectivity index (χ1v) is 5.63. The summed E-state index contributed by atoms with van der Waals surface area (Å²) >= 11 is 0. The van der Waals surface area contributed by atoms with E-state index in [2.05, 4.69) is 43.9 Å². The second-order valence-corrected chi connectivity index (χ2v) is 5.61. The zero-order valence-electron chi connectivity index (χ0n) is 9.64. The molecular weight excluding hydrogens is 252 g/mol. The van der Waals surface area contributed by atoms with Crippen LogP contribution in [-0.2, 0) is 32.7 Å². The Morgan fingerprint density at radius 2 is 1.77 bits per heavy atom. The number of rotatable bonds is 5. The van der Waals surface area contributed by atoms with Gasteiger partial charge in [-0.2, -0.15) is 5.92 Å². The van der Waals surface area contributed by atoms with E-state index in [1.807, 2.05) is 0 Å². The van der Waals surface area contributed by atoms with Crippen molar-refractivity contribution in [3.05, 3.63) is 6.92 Å². The van der Waals surface area contributed by atoms with Crippen LogP contribution in [0.5, 0.6) is 0 Å². The van der Waals surface area contributed by atoms with E-state index in [0.29, 0.717) is 11.1 Å². The second kappa shape index (κ2) is 7.78. The molecule has 4 atom stereocenters.